The van der Waals surface area contributed by atoms with Crippen LogP contribution >= 0.6 is 0 Å². The molecule has 0 aliphatic heterocycles. The van der Waals surface area contributed by atoms with Crippen molar-refractivity contribution in [3.8, 4) is 0 Å². The summed E-state index contributed by atoms with van der Waals surface area (Å²) in [5.74, 6) is 2.31. The molecule has 2 rings (SSSR count). The first kappa shape index (κ1) is 11.4. The average Bonchev–Trinajstić information content (AvgIpc) is 3.10. The van der Waals surface area contributed by atoms with E-state index in [-0.39, 0.29) is 6.10 Å². The normalized spacial score (nSPS) is 34.0. The highest BCUT2D eigenvalue weighted by Crippen LogP contribution is 2.41. The summed E-state index contributed by atoms with van der Waals surface area (Å²) in [5, 5.41) is 10.1. The van der Waals surface area contributed by atoms with Gasteiger partial charge in [-0.05, 0) is 43.4 Å². The Labute approximate surface area is 94.3 Å². The summed E-state index contributed by atoms with van der Waals surface area (Å²) in [4.78, 5) is 0. The summed E-state index contributed by atoms with van der Waals surface area (Å²) >= 11 is 0. The monoisotopic (exact) mass is 210 g/mol. The average molecular weight is 210 g/mol. The van der Waals surface area contributed by atoms with Crippen molar-refractivity contribution in [3.63, 3.8) is 0 Å². The van der Waals surface area contributed by atoms with E-state index >= 15 is 0 Å². The molecule has 2 aliphatic carbocycles. The number of hydrogen-bond donors (Lipinski definition) is 1. The molecule has 1 atom stereocenters. The summed E-state index contributed by atoms with van der Waals surface area (Å²) in [6.07, 6.45) is 12.2. The molecule has 0 bridgehead atoms. The standard InChI is InChI=1S/C14H26O/c1-2-3-4-11-5-7-12(8-6-11)14(15)13-9-10-13/h11-15H,2-10H2,1H3. The Morgan fingerprint density at radius 1 is 1.00 bits per heavy atom. The van der Waals surface area contributed by atoms with Crippen LogP contribution in [0.2, 0.25) is 0 Å². The van der Waals surface area contributed by atoms with Gasteiger partial charge >= 0.3 is 0 Å². The van der Waals surface area contributed by atoms with Crippen molar-refractivity contribution in [1.29, 1.82) is 0 Å². The van der Waals surface area contributed by atoms with Gasteiger partial charge in [0.05, 0.1) is 6.10 Å². The van der Waals surface area contributed by atoms with Gasteiger partial charge in [-0.25, -0.2) is 0 Å². The lowest BCUT2D eigenvalue weighted by Gasteiger charge is -2.31. The number of hydrogen-bond acceptors (Lipinski definition) is 1. The minimum absolute atomic E-state index is 0.0529. The molecule has 0 saturated heterocycles. The van der Waals surface area contributed by atoms with Crippen LogP contribution in [0.5, 0.6) is 0 Å². The van der Waals surface area contributed by atoms with Crippen molar-refractivity contribution < 1.29 is 5.11 Å². The van der Waals surface area contributed by atoms with Gasteiger partial charge in [0, 0.05) is 0 Å². The predicted molar refractivity (Wildman–Crippen MR) is 63.7 cm³/mol. The highest BCUT2D eigenvalue weighted by atomic mass is 16.3. The Morgan fingerprint density at radius 2 is 1.53 bits per heavy atom. The lowest BCUT2D eigenvalue weighted by atomic mass is 9.77. The minimum Gasteiger partial charge on any atom is -0.393 e. The van der Waals surface area contributed by atoms with Gasteiger partial charge in [-0.3, -0.25) is 0 Å². The Bertz CT molecular complexity index is 178. The van der Waals surface area contributed by atoms with Crippen LogP contribution < -0.4 is 0 Å². The molecule has 1 heteroatoms. The molecule has 0 heterocycles. The first-order valence-corrected chi connectivity index (χ1v) is 6.99. The second-order valence-corrected chi connectivity index (χ2v) is 5.75. The first-order valence-electron chi connectivity index (χ1n) is 6.99. The number of rotatable bonds is 5. The third-order valence-corrected chi connectivity index (χ3v) is 4.45. The SMILES string of the molecule is CCCCC1CCC(C(O)C2CC2)CC1. The van der Waals surface area contributed by atoms with Gasteiger partial charge < -0.3 is 5.11 Å². The molecule has 1 N–H and O–H groups in total. The van der Waals surface area contributed by atoms with Crippen LogP contribution in [0.1, 0.15) is 64.7 Å². The molecular weight excluding hydrogens is 184 g/mol. The molecule has 15 heavy (non-hydrogen) atoms. The molecule has 0 aromatic rings. The quantitative estimate of drug-likeness (QED) is 0.732. The van der Waals surface area contributed by atoms with Crippen LogP contribution in [0, 0.1) is 17.8 Å². The molecular formula is C14H26O. The highest BCUT2D eigenvalue weighted by Gasteiger charge is 2.36. The van der Waals surface area contributed by atoms with Crippen molar-refractivity contribution >= 4 is 0 Å². The van der Waals surface area contributed by atoms with E-state index < -0.39 is 0 Å². The molecule has 2 aliphatic rings. The van der Waals surface area contributed by atoms with Crippen LogP contribution in [-0.4, -0.2) is 11.2 Å². The van der Waals surface area contributed by atoms with Crippen molar-refractivity contribution in [1.82, 2.24) is 0 Å². The molecule has 2 fully saturated rings. The van der Waals surface area contributed by atoms with Crippen molar-refractivity contribution in [2.24, 2.45) is 17.8 Å². The van der Waals surface area contributed by atoms with Crippen LogP contribution in [-0.2, 0) is 0 Å². The van der Waals surface area contributed by atoms with Gasteiger partial charge in [0.1, 0.15) is 0 Å². The zero-order valence-corrected chi connectivity index (χ0v) is 10.1. The molecule has 88 valence electrons. The van der Waals surface area contributed by atoms with Crippen LogP contribution in [0.15, 0.2) is 0 Å². The van der Waals surface area contributed by atoms with Gasteiger partial charge in [0.25, 0.3) is 0 Å². The molecule has 1 unspecified atom stereocenters. The maximum atomic E-state index is 10.1. The van der Waals surface area contributed by atoms with E-state index in [4.69, 9.17) is 0 Å². The van der Waals surface area contributed by atoms with Gasteiger partial charge in [-0.15, -0.1) is 0 Å². The van der Waals surface area contributed by atoms with Gasteiger partial charge in [0.15, 0.2) is 0 Å². The molecule has 2 saturated carbocycles. The molecule has 0 spiro atoms. The summed E-state index contributed by atoms with van der Waals surface area (Å²) in [6, 6.07) is 0. The zero-order chi connectivity index (χ0) is 10.7. The fourth-order valence-electron chi connectivity index (χ4n) is 3.13. The van der Waals surface area contributed by atoms with E-state index in [2.05, 4.69) is 6.92 Å². The van der Waals surface area contributed by atoms with E-state index in [1.807, 2.05) is 0 Å². The lowest BCUT2D eigenvalue weighted by molar-refractivity contribution is 0.0552. The fourth-order valence-corrected chi connectivity index (χ4v) is 3.13. The van der Waals surface area contributed by atoms with E-state index in [1.54, 1.807) is 0 Å². The first-order chi connectivity index (χ1) is 7.31. The summed E-state index contributed by atoms with van der Waals surface area (Å²) in [7, 11) is 0. The van der Waals surface area contributed by atoms with Crippen LogP contribution in [0.4, 0.5) is 0 Å². The van der Waals surface area contributed by atoms with E-state index in [9.17, 15) is 5.11 Å². The maximum absolute atomic E-state index is 10.1. The predicted octanol–water partition coefficient (Wildman–Crippen LogP) is 3.75. The van der Waals surface area contributed by atoms with E-state index in [1.165, 1.54) is 57.8 Å². The third kappa shape index (κ3) is 3.21. The van der Waals surface area contributed by atoms with Gasteiger partial charge in [-0.1, -0.05) is 39.0 Å². The number of unbranched alkanes of at least 4 members (excludes halogenated alkanes) is 1. The second kappa shape index (κ2) is 5.34. The number of aliphatic hydroxyl groups is 1. The molecule has 0 aromatic heterocycles. The summed E-state index contributed by atoms with van der Waals surface area (Å²) < 4.78 is 0. The minimum atomic E-state index is 0.0529. The largest absolute Gasteiger partial charge is 0.393 e. The lowest BCUT2D eigenvalue weighted by Crippen LogP contribution is -2.27. The van der Waals surface area contributed by atoms with Crippen molar-refractivity contribution in [2.75, 3.05) is 0 Å². The van der Waals surface area contributed by atoms with Crippen LogP contribution in [0.25, 0.3) is 0 Å². The molecule has 0 amide bonds. The van der Waals surface area contributed by atoms with Crippen molar-refractivity contribution in [2.45, 2.75) is 70.8 Å². The molecule has 1 nitrogen and oxygen atoms in total. The Balaban J connectivity index is 1.67. The Hall–Kier alpha value is -0.0400. The number of aliphatic hydroxyl groups excluding tert-OH is 1. The Morgan fingerprint density at radius 3 is 2.00 bits per heavy atom. The highest BCUT2D eigenvalue weighted by molar-refractivity contribution is 4.87. The fraction of sp³-hybridized carbons (Fsp3) is 1.00. The smallest absolute Gasteiger partial charge is 0.0596 e. The van der Waals surface area contributed by atoms with Crippen LogP contribution in [0.3, 0.4) is 0 Å². The topological polar surface area (TPSA) is 20.2 Å². The Kier molecular flexibility index (Phi) is 4.07. The van der Waals surface area contributed by atoms with E-state index in [0.29, 0.717) is 11.8 Å². The molecule has 0 radical (unpaired) electrons. The van der Waals surface area contributed by atoms with Gasteiger partial charge in [0.2, 0.25) is 0 Å². The molecule has 0 aromatic carbocycles. The van der Waals surface area contributed by atoms with Crippen molar-refractivity contribution in [3.05, 3.63) is 0 Å². The second-order valence-electron chi connectivity index (χ2n) is 5.75. The van der Waals surface area contributed by atoms with E-state index in [0.717, 1.165) is 5.92 Å². The maximum Gasteiger partial charge on any atom is 0.0596 e. The third-order valence-electron chi connectivity index (χ3n) is 4.45. The zero-order valence-electron chi connectivity index (χ0n) is 10.1. The summed E-state index contributed by atoms with van der Waals surface area (Å²) in [5.41, 5.74) is 0. The van der Waals surface area contributed by atoms with Gasteiger partial charge in [-0.2, -0.15) is 0 Å². The summed E-state index contributed by atoms with van der Waals surface area (Å²) in [6.45, 7) is 2.28.